The normalized spacial score (nSPS) is 10.3. The summed E-state index contributed by atoms with van der Waals surface area (Å²) in [5.74, 6) is 0.667. The third-order valence-electron chi connectivity index (χ3n) is 2.63. The second-order valence-corrected chi connectivity index (χ2v) is 4.85. The van der Waals surface area contributed by atoms with Crippen molar-refractivity contribution in [1.82, 2.24) is 9.55 Å². The molecule has 0 saturated carbocycles. The molecule has 0 unspecified atom stereocenters. The first-order valence-electron chi connectivity index (χ1n) is 5.69. The highest BCUT2D eigenvalue weighted by Gasteiger charge is 2.12. The average molecular weight is 339 g/mol. The molecule has 2 rings (SSSR count). The number of rotatable bonds is 4. The van der Waals surface area contributed by atoms with Crippen molar-refractivity contribution >= 4 is 27.4 Å². The summed E-state index contributed by atoms with van der Waals surface area (Å²) < 4.78 is 1.40. The fourth-order valence-corrected chi connectivity index (χ4v) is 2.15. The van der Waals surface area contributed by atoms with Gasteiger partial charge in [-0.1, -0.05) is 6.07 Å². The summed E-state index contributed by atoms with van der Waals surface area (Å²) in [7, 11) is 1.74. The van der Waals surface area contributed by atoms with Crippen molar-refractivity contribution in [3.05, 3.63) is 61.1 Å². The lowest BCUT2D eigenvalue weighted by Crippen LogP contribution is -2.21. The van der Waals surface area contributed by atoms with Crippen molar-refractivity contribution in [3.63, 3.8) is 0 Å². The molecule has 0 aliphatic carbocycles. The zero-order valence-electron chi connectivity index (χ0n) is 10.5. The molecule has 0 saturated heterocycles. The van der Waals surface area contributed by atoms with Crippen LogP contribution in [0.25, 0.3) is 0 Å². The Bertz CT molecular complexity index is 714. The Labute approximate surface area is 122 Å². The van der Waals surface area contributed by atoms with E-state index in [1.54, 1.807) is 25.2 Å². The molecule has 0 amide bonds. The Morgan fingerprint density at radius 2 is 2.25 bits per heavy atom. The summed E-state index contributed by atoms with van der Waals surface area (Å²) >= 11 is 3.04. The van der Waals surface area contributed by atoms with Gasteiger partial charge in [0.1, 0.15) is 5.82 Å². The molecular weight excluding hydrogens is 328 g/mol. The predicted octanol–water partition coefficient (Wildman–Crippen LogP) is 2.00. The summed E-state index contributed by atoms with van der Waals surface area (Å²) in [5.41, 5.74) is 0.139. The highest BCUT2D eigenvalue weighted by Crippen LogP contribution is 2.15. The summed E-state index contributed by atoms with van der Waals surface area (Å²) in [4.78, 5) is 26.5. The fourth-order valence-electron chi connectivity index (χ4n) is 1.68. The maximum Gasteiger partial charge on any atom is 0.286 e. The van der Waals surface area contributed by atoms with Crippen molar-refractivity contribution in [3.8, 4) is 0 Å². The van der Waals surface area contributed by atoms with Gasteiger partial charge in [-0.2, -0.15) is 0 Å². The molecule has 0 bridgehead atoms. The van der Waals surface area contributed by atoms with Crippen molar-refractivity contribution < 1.29 is 4.92 Å². The smallest absolute Gasteiger partial charge is 0.286 e. The zero-order valence-corrected chi connectivity index (χ0v) is 12.1. The number of pyridine rings is 2. The maximum absolute atomic E-state index is 12.0. The first kappa shape index (κ1) is 14.2. The Kier molecular flexibility index (Phi) is 4.14. The predicted molar refractivity (Wildman–Crippen MR) is 77.9 cm³/mol. The van der Waals surface area contributed by atoms with Crippen LogP contribution in [0.4, 0.5) is 11.5 Å². The van der Waals surface area contributed by atoms with Crippen LogP contribution in [-0.4, -0.2) is 21.5 Å². The van der Waals surface area contributed by atoms with Crippen LogP contribution in [-0.2, 0) is 6.54 Å². The first-order valence-corrected chi connectivity index (χ1v) is 6.48. The molecule has 7 nitrogen and oxygen atoms in total. The quantitative estimate of drug-likeness (QED) is 0.680. The molecule has 0 aromatic carbocycles. The first-order chi connectivity index (χ1) is 9.51. The number of nitrogens with zero attached hydrogens (tertiary/aromatic N) is 3. The Balaban J connectivity index is 2.42. The molecule has 0 aliphatic heterocycles. The van der Waals surface area contributed by atoms with E-state index in [0.29, 0.717) is 11.5 Å². The Morgan fingerprint density at radius 1 is 1.50 bits per heavy atom. The number of hydrogen-bond donors (Lipinski definition) is 1. The van der Waals surface area contributed by atoms with Gasteiger partial charge < -0.3 is 9.88 Å². The van der Waals surface area contributed by atoms with E-state index in [0.717, 1.165) is 0 Å². The standard InChI is InChI=1S/C12H11BrN4O3/c1-14-11-4-2-3-8(15-11)6-16-7-9(17(19)20)5-10(13)12(16)18/h2-5,7H,6H2,1H3,(H,14,15). The molecule has 2 aromatic rings. The van der Waals surface area contributed by atoms with E-state index in [1.165, 1.54) is 16.8 Å². The third-order valence-corrected chi connectivity index (χ3v) is 3.20. The lowest BCUT2D eigenvalue weighted by atomic mass is 10.3. The number of hydrogen-bond acceptors (Lipinski definition) is 5. The molecule has 0 spiro atoms. The molecule has 104 valence electrons. The van der Waals surface area contributed by atoms with Gasteiger partial charge in [0.2, 0.25) is 0 Å². The number of nitro groups is 1. The van der Waals surface area contributed by atoms with Gasteiger partial charge in [0.15, 0.2) is 0 Å². The molecule has 0 aliphatic rings. The third kappa shape index (κ3) is 3.02. The molecule has 2 aromatic heterocycles. The van der Waals surface area contributed by atoms with Crippen LogP contribution in [0, 0.1) is 10.1 Å². The highest BCUT2D eigenvalue weighted by atomic mass is 79.9. The topological polar surface area (TPSA) is 90.1 Å². The van der Waals surface area contributed by atoms with Gasteiger partial charge in [-0.25, -0.2) is 4.98 Å². The highest BCUT2D eigenvalue weighted by molar-refractivity contribution is 9.10. The van der Waals surface area contributed by atoms with Crippen LogP contribution in [0.15, 0.2) is 39.7 Å². The minimum Gasteiger partial charge on any atom is -0.373 e. The molecule has 8 heteroatoms. The van der Waals surface area contributed by atoms with Crippen molar-refractivity contribution in [2.24, 2.45) is 0 Å². The summed E-state index contributed by atoms with van der Waals surface area (Å²) in [5, 5.41) is 13.7. The molecule has 2 heterocycles. The van der Waals surface area contributed by atoms with Crippen molar-refractivity contribution in [1.29, 1.82) is 0 Å². The molecule has 20 heavy (non-hydrogen) atoms. The molecule has 0 radical (unpaired) electrons. The second-order valence-electron chi connectivity index (χ2n) is 4.00. The van der Waals surface area contributed by atoms with Gasteiger partial charge in [0.05, 0.1) is 27.8 Å². The largest absolute Gasteiger partial charge is 0.373 e. The SMILES string of the molecule is CNc1cccc(Cn2cc([N+](=O)[O-])cc(Br)c2=O)n1. The van der Waals surface area contributed by atoms with Gasteiger partial charge in [-0.15, -0.1) is 0 Å². The lowest BCUT2D eigenvalue weighted by molar-refractivity contribution is -0.385. The van der Waals surface area contributed by atoms with Gasteiger partial charge in [-0.3, -0.25) is 14.9 Å². The Hall–Kier alpha value is -2.22. The summed E-state index contributed by atoms with van der Waals surface area (Å²) in [6.07, 6.45) is 1.21. The number of anilines is 1. The molecule has 1 N–H and O–H groups in total. The molecule has 0 atom stereocenters. The number of aromatic nitrogens is 2. The van der Waals surface area contributed by atoms with Crippen LogP contribution in [0.5, 0.6) is 0 Å². The van der Waals surface area contributed by atoms with Gasteiger partial charge in [0, 0.05) is 13.1 Å². The van der Waals surface area contributed by atoms with Gasteiger partial charge >= 0.3 is 0 Å². The minimum atomic E-state index is -0.544. The molecule has 0 fully saturated rings. The average Bonchev–Trinajstić information content (AvgIpc) is 2.43. The minimum absolute atomic E-state index is 0.150. The van der Waals surface area contributed by atoms with Crippen LogP contribution in [0.3, 0.4) is 0 Å². The van der Waals surface area contributed by atoms with Crippen LogP contribution >= 0.6 is 15.9 Å². The van der Waals surface area contributed by atoms with Crippen LogP contribution < -0.4 is 10.9 Å². The maximum atomic E-state index is 12.0. The second kappa shape index (κ2) is 5.83. The van der Waals surface area contributed by atoms with E-state index in [9.17, 15) is 14.9 Å². The Morgan fingerprint density at radius 3 is 2.90 bits per heavy atom. The molecular formula is C12H11BrN4O3. The summed E-state index contributed by atoms with van der Waals surface area (Å²) in [6.45, 7) is 0.161. The van der Waals surface area contributed by atoms with E-state index in [2.05, 4.69) is 26.2 Å². The zero-order chi connectivity index (χ0) is 14.7. The summed E-state index contributed by atoms with van der Waals surface area (Å²) in [6, 6.07) is 6.53. The van der Waals surface area contributed by atoms with Crippen LogP contribution in [0.1, 0.15) is 5.69 Å². The number of halogens is 1. The van der Waals surface area contributed by atoms with E-state index in [-0.39, 0.29) is 22.3 Å². The van der Waals surface area contributed by atoms with E-state index in [1.807, 2.05) is 0 Å². The van der Waals surface area contributed by atoms with E-state index < -0.39 is 4.92 Å². The van der Waals surface area contributed by atoms with Gasteiger partial charge in [-0.05, 0) is 28.1 Å². The van der Waals surface area contributed by atoms with Crippen LogP contribution in [0.2, 0.25) is 0 Å². The lowest BCUT2D eigenvalue weighted by Gasteiger charge is -2.07. The monoisotopic (exact) mass is 338 g/mol. The van der Waals surface area contributed by atoms with E-state index >= 15 is 0 Å². The fraction of sp³-hybridized carbons (Fsp3) is 0.167. The van der Waals surface area contributed by atoms with Crippen molar-refractivity contribution in [2.75, 3.05) is 12.4 Å². The van der Waals surface area contributed by atoms with Crippen molar-refractivity contribution in [2.45, 2.75) is 6.54 Å². The van der Waals surface area contributed by atoms with Gasteiger partial charge in [0.25, 0.3) is 11.2 Å². The van der Waals surface area contributed by atoms with E-state index in [4.69, 9.17) is 0 Å². The number of nitrogens with one attached hydrogen (secondary N) is 1.